The molecule has 0 atom stereocenters. The molecule has 0 radical (unpaired) electrons. The Morgan fingerprint density at radius 1 is 1.44 bits per heavy atom. The van der Waals surface area contributed by atoms with Crippen LogP contribution in [0.15, 0.2) is 35.6 Å². The number of nitrogens with zero attached hydrogens (tertiary/aromatic N) is 1. The lowest BCUT2D eigenvalue weighted by atomic mass is 10.3. The van der Waals surface area contributed by atoms with Crippen molar-refractivity contribution in [3.05, 3.63) is 35.6 Å². The lowest BCUT2D eigenvalue weighted by Crippen LogP contribution is -2.23. The van der Waals surface area contributed by atoms with E-state index in [2.05, 4.69) is 10.3 Å². The van der Waals surface area contributed by atoms with Crippen molar-refractivity contribution in [1.82, 2.24) is 4.98 Å². The number of rotatable bonds is 3. The van der Waals surface area contributed by atoms with Gasteiger partial charge in [0.15, 0.2) is 0 Å². The summed E-state index contributed by atoms with van der Waals surface area (Å²) in [6.45, 7) is 0. The normalized spacial score (nSPS) is 12.4. The topological polar surface area (TPSA) is 42.0 Å². The first-order valence-corrected chi connectivity index (χ1v) is 4.44. The van der Waals surface area contributed by atoms with Gasteiger partial charge in [0.25, 0.3) is 5.78 Å². The van der Waals surface area contributed by atoms with E-state index in [1.807, 2.05) is 0 Å². The van der Waals surface area contributed by atoms with Gasteiger partial charge in [0.05, 0.1) is 0 Å². The molecular weight excluding hydrogens is 245 g/mol. The van der Waals surface area contributed by atoms with E-state index < -0.39 is 17.0 Å². The molecule has 0 fully saturated rings. The molecule has 0 aliphatic heterocycles. The Bertz CT molecular complexity index is 403. The molecule has 0 aromatic carbocycles. The maximum Gasteiger partial charge on any atom is 0.455 e. The van der Waals surface area contributed by atoms with E-state index in [4.69, 9.17) is 11.6 Å². The quantitative estimate of drug-likeness (QED) is 0.839. The van der Waals surface area contributed by atoms with Gasteiger partial charge < -0.3 is 5.32 Å². The molecule has 1 N–H and O–H groups in total. The number of halogens is 4. The standard InChI is InChI=1S/C9H6ClF3N2O/c10-6(8(16)9(11,12)13)5-15-7-3-1-2-4-14-7/h1-5H,(H,14,15)/b6-5-. The molecule has 0 spiro atoms. The number of carbonyl (C=O) groups is 1. The van der Waals surface area contributed by atoms with Crippen molar-refractivity contribution in [1.29, 1.82) is 0 Å². The minimum Gasteiger partial charge on any atom is -0.345 e. The van der Waals surface area contributed by atoms with Gasteiger partial charge in [0.2, 0.25) is 0 Å². The van der Waals surface area contributed by atoms with Gasteiger partial charge in [-0.3, -0.25) is 4.79 Å². The van der Waals surface area contributed by atoms with Crippen LogP contribution in [-0.4, -0.2) is 16.9 Å². The molecule has 0 amide bonds. The molecule has 1 aromatic heterocycles. The Hall–Kier alpha value is -1.56. The summed E-state index contributed by atoms with van der Waals surface area (Å²) in [5.41, 5.74) is 0. The Kier molecular flexibility index (Phi) is 3.89. The summed E-state index contributed by atoms with van der Waals surface area (Å²) in [6.07, 6.45) is -2.78. The Balaban J connectivity index is 2.69. The van der Waals surface area contributed by atoms with Crippen molar-refractivity contribution < 1.29 is 18.0 Å². The number of ketones is 1. The first-order chi connectivity index (χ1) is 7.41. The van der Waals surface area contributed by atoms with Crippen molar-refractivity contribution in [2.45, 2.75) is 6.18 Å². The molecule has 0 saturated carbocycles. The van der Waals surface area contributed by atoms with Crippen molar-refractivity contribution in [3.63, 3.8) is 0 Å². The summed E-state index contributed by atoms with van der Waals surface area (Å²) >= 11 is 5.17. The zero-order chi connectivity index (χ0) is 12.2. The Morgan fingerprint density at radius 3 is 2.62 bits per heavy atom. The number of aromatic nitrogens is 1. The maximum atomic E-state index is 11.9. The third-order valence-electron chi connectivity index (χ3n) is 1.49. The van der Waals surface area contributed by atoms with E-state index in [-0.39, 0.29) is 5.82 Å². The van der Waals surface area contributed by atoms with Crippen LogP contribution < -0.4 is 5.32 Å². The number of nitrogens with one attached hydrogen (secondary N) is 1. The monoisotopic (exact) mass is 250 g/mol. The predicted octanol–water partition coefficient (Wildman–Crippen LogP) is 2.71. The predicted molar refractivity (Wildman–Crippen MR) is 52.9 cm³/mol. The maximum absolute atomic E-state index is 11.9. The molecule has 0 saturated heterocycles. The lowest BCUT2D eigenvalue weighted by Gasteiger charge is -2.04. The van der Waals surface area contributed by atoms with E-state index in [1.54, 1.807) is 12.1 Å². The fourth-order valence-corrected chi connectivity index (χ4v) is 0.948. The summed E-state index contributed by atoms with van der Waals surface area (Å²) in [5, 5.41) is 1.43. The summed E-state index contributed by atoms with van der Waals surface area (Å²) in [5.74, 6) is -1.81. The number of Topliss-reactive ketones (excluding diaryl/α,β-unsaturated/α-hetero) is 1. The Morgan fingerprint density at radius 2 is 2.12 bits per heavy atom. The third kappa shape index (κ3) is 3.54. The van der Waals surface area contributed by atoms with Crippen molar-refractivity contribution in [2.75, 3.05) is 5.32 Å². The molecule has 3 nitrogen and oxygen atoms in total. The van der Waals surface area contributed by atoms with Crippen molar-refractivity contribution in [3.8, 4) is 0 Å². The second kappa shape index (κ2) is 4.98. The van der Waals surface area contributed by atoms with Gasteiger partial charge in [-0.15, -0.1) is 0 Å². The van der Waals surface area contributed by atoms with Crippen LogP contribution in [-0.2, 0) is 4.79 Å². The molecule has 0 unspecified atom stereocenters. The first-order valence-electron chi connectivity index (χ1n) is 4.06. The van der Waals surface area contributed by atoms with E-state index in [0.29, 0.717) is 0 Å². The summed E-state index contributed by atoms with van der Waals surface area (Å²) in [4.78, 5) is 14.4. The molecule has 1 aromatic rings. The number of hydrogen-bond donors (Lipinski definition) is 1. The summed E-state index contributed by atoms with van der Waals surface area (Å²) in [6, 6.07) is 4.78. The van der Waals surface area contributed by atoms with E-state index in [1.165, 1.54) is 12.3 Å². The molecular formula is C9H6ClF3N2O. The van der Waals surface area contributed by atoms with Gasteiger partial charge in [0.1, 0.15) is 10.9 Å². The van der Waals surface area contributed by atoms with Crippen LogP contribution in [0.1, 0.15) is 0 Å². The minimum absolute atomic E-state index is 0.288. The van der Waals surface area contributed by atoms with Crippen LogP contribution in [0.2, 0.25) is 0 Å². The molecule has 16 heavy (non-hydrogen) atoms. The lowest BCUT2D eigenvalue weighted by molar-refractivity contribution is -0.165. The molecule has 0 aliphatic rings. The van der Waals surface area contributed by atoms with Crippen molar-refractivity contribution in [2.24, 2.45) is 0 Å². The zero-order valence-electron chi connectivity index (χ0n) is 7.75. The van der Waals surface area contributed by atoms with Gasteiger partial charge in [-0.1, -0.05) is 17.7 Å². The average molecular weight is 251 g/mol. The van der Waals surface area contributed by atoms with E-state index in [9.17, 15) is 18.0 Å². The molecule has 0 aliphatic carbocycles. The van der Waals surface area contributed by atoms with Crippen LogP contribution in [0.4, 0.5) is 19.0 Å². The second-order valence-electron chi connectivity index (χ2n) is 2.68. The molecule has 86 valence electrons. The first kappa shape index (κ1) is 12.5. The highest BCUT2D eigenvalue weighted by atomic mass is 35.5. The zero-order valence-corrected chi connectivity index (χ0v) is 8.51. The van der Waals surface area contributed by atoms with Gasteiger partial charge >= 0.3 is 6.18 Å². The van der Waals surface area contributed by atoms with Gasteiger partial charge in [-0.2, -0.15) is 13.2 Å². The fraction of sp³-hybridized carbons (Fsp3) is 0.111. The molecule has 0 bridgehead atoms. The van der Waals surface area contributed by atoms with Crippen molar-refractivity contribution >= 4 is 23.2 Å². The summed E-state index contributed by atoms with van der Waals surface area (Å²) < 4.78 is 35.7. The van der Waals surface area contributed by atoms with Crippen LogP contribution in [0.5, 0.6) is 0 Å². The van der Waals surface area contributed by atoms with Gasteiger partial charge in [-0.05, 0) is 12.1 Å². The van der Waals surface area contributed by atoms with Crippen LogP contribution in [0.3, 0.4) is 0 Å². The smallest absolute Gasteiger partial charge is 0.345 e. The summed E-state index contributed by atoms with van der Waals surface area (Å²) in [7, 11) is 0. The van der Waals surface area contributed by atoms with E-state index >= 15 is 0 Å². The SMILES string of the molecule is O=C(/C(Cl)=C/Nc1ccccn1)C(F)(F)F. The highest BCUT2D eigenvalue weighted by Gasteiger charge is 2.40. The van der Waals surface area contributed by atoms with Crippen LogP contribution >= 0.6 is 11.6 Å². The minimum atomic E-state index is -4.97. The van der Waals surface area contributed by atoms with E-state index in [0.717, 1.165) is 6.20 Å². The number of anilines is 1. The largest absolute Gasteiger partial charge is 0.455 e. The Labute approximate surface area is 93.9 Å². The second-order valence-corrected chi connectivity index (χ2v) is 3.09. The van der Waals surface area contributed by atoms with Crippen LogP contribution in [0, 0.1) is 0 Å². The molecule has 1 rings (SSSR count). The number of alkyl halides is 3. The molecule has 7 heteroatoms. The number of hydrogen-bond acceptors (Lipinski definition) is 3. The van der Waals surface area contributed by atoms with Gasteiger partial charge in [-0.25, -0.2) is 4.98 Å². The molecule has 1 heterocycles. The third-order valence-corrected chi connectivity index (χ3v) is 1.77. The van der Waals surface area contributed by atoms with Crippen LogP contribution in [0.25, 0.3) is 0 Å². The fourth-order valence-electron chi connectivity index (χ4n) is 0.786. The highest BCUT2D eigenvalue weighted by molar-refractivity contribution is 6.43. The average Bonchev–Trinajstić information content (AvgIpc) is 2.25. The van der Waals surface area contributed by atoms with Gasteiger partial charge in [0, 0.05) is 12.4 Å². The number of allylic oxidation sites excluding steroid dienone is 1. The number of carbonyl (C=O) groups excluding carboxylic acids is 1. The number of pyridine rings is 1. The highest BCUT2D eigenvalue weighted by Crippen LogP contribution is 2.22.